The number of halogens is 1. The third-order valence-corrected chi connectivity index (χ3v) is 5.09. The van der Waals surface area contributed by atoms with Gasteiger partial charge in [-0.05, 0) is 71.2 Å². The molecule has 1 aliphatic rings. The number of nitrogens with one attached hydrogen (secondary N) is 1. The Morgan fingerprint density at radius 3 is 2.61 bits per heavy atom. The molecule has 0 heterocycles. The number of rotatable bonds is 5. The van der Waals surface area contributed by atoms with E-state index in [0.717, 1.165) is 27.7 Å². The van der Waals surface area contributed by atoms with Crippen molar-refractivity contribution >= 4 is 40.0 Å². The average Bonchev–Trinajstić information content (AvgIpc) is 3.02. The van der Waals surface area contributed by atoms with Crippen LogP contribution in [0.25, 0.3) is 0 Å². The SMILES string of the molecule is O=C(CCC(=O)c1ccc2c(c1)CCC2)Nc1ccccc1I. The molecule has 1 amide bonds. The standard InChI is InChI=1S/C19H18INO2/c20-16-6-1-2-7-17(16)21-19(23)11-10-18(22)15-9-8-13-4-3-5-14(13)12-15/h1-2,6-9,12H,3-5,10-11H2,(H,21,23). The van der Waals surface area contributed by atoms with Gasteiger partial charge in [0.15, 0.2) is 5.78 Å². The highest BCUT2D eigenvalue weighted by atomic mass is 127. The van der Waals surface area contributed by atoms with Gasteiger partial charge >= 0.3 is 0 Å². The van der Waals surface area contributed by atoms with Crippen LogP contribution in [-0.4, -0.2) is 11.7 Å². The number of aryl methyl sites for hydroxylation is 2. The van der Waals surface area contributed by atoms with Crippen LogP contribution in [0.2, 0.25) is 0 Å². The van der Waals surface area contributed by atoms with Gasteiger partial charge in [-0.25, -0.2) is 0 Å². The molecule has 0 spiro atoms. The Bertz CT molecular complexity index is 755. The third kappa shape index (κ3) is 3.99. The van der Waals surface area contributed by atoms with E-state index >= 15 is 0 Å². The molecule has 1 N–H and O–H groups in total. The van der Waals surface area contributed by atoms with Crippen LogP contribution in [0.3, 0.4) is 0 Å². The van der Waals surface area contributed by atoms with Crippen molar-refractivity contribution in [2.45, 2.75) is 32.1 Å². The molecule has 4 heteroatoms. The van der Waals surface area contributed by atoms with E-state index in [1.54, 1.807) is 0 Å². The second-order valence-corrected chi connectivity index (χ2v) is 6.95. The van der Waals surface area contributed by atoms with E-state index in [1.165, 1.54) is 17.5 Å². The summed E-state index contributed by atoms with van der Waals surface area (Å²) in [4.78, 5) is 24.3. The molecule has 0 unspecified atom stereocenters. The van der Waals surface area contributed by atoms with Crippen molar-refractivity contribution < 1.29 is 9.59 Å². The molecule has 0 atom stereocenters. The number of amides is 1. The van der Waals surface area contributed by atoms with Gasteiger partial charge in [0.1, 0.15) is 0 Å². The van der Waals surface area contributed by atoms with Crippen molar-refractivity contribution in [2.75, 3.05) is 5.32 Å². The minimum Gasteiger partial charge on any atom is -0.325 e. The summed E-state index contributed by atoms with van der Waals surface area (Å²) in [6.45, 7) is 0. The maximum Gasteiger partial charge on any atom is 0.224 e. The fourth-order valence-electron chi connectivity index (χ4n) is 2.89. The van der Waals surface area contributed by atoms with Gasteiger partial charge in [-0.15, -0.1) is 0 Å². The van der Waals surface area contributed by atoms with Crippen LogP contribution in [0.1, 0.15) is 40.7 Å². The number of carbonyl (C=O) groups is 2. The number of hydrogen-bond acceptors (Lipinski definition) is 2. The van der Waals surface area contributed by atoms with Gasteiger partial charge in [0, 0.05) is 22.0 Å². The van der Waals surface area contributed by atoms with E-state index in [0.29, 0.717) is 0 Å². The lowest BCUT2D eigenvalue weighted by atomic mass is 10.0. The van der Waals surface area contributed by atoms with E-state index in [-0.39, 0.29) is 24.5 Å². The first-order chi connectivity index (χ1) is 11.1. The Morgan fingerprint density at radius 2 is 1.78 bits per heavy atom. The zero-order valence-electron chi connectivity index (χ0n) is 12.8. The zero-order chi connectivity index (χ0) is 16.2. The second kappa shape index (κ2) is 7.25. The van der Waals surface area contributed by atoms with Gasteiger partial charge in [-0.2, -0.15) is 0 Å². The Kier molecular flexibility index (Phi) is 5.10. The van der Waals surface area contributed by atoms with E-state index in [4.69, 9.17) is 0 Å². The Morgan fingerprint density at radius 1 is 1.00 bits per heavy atom. The van der Waals surface area contributed by atoms with Crippen molar-refractivity contribution in [1.29, 1.82) is 0 Å². The normalized spacial score (nSPS) is 12.7. The number of anilines is 1. The molecular weight excluding hydrogens is 401 g/mol. The third-order valence-electron chi connectivity index (χ3n) is 4.15. The smallest absolute Gasteiger partial charge is 0.224 e. The molecule has 0 aromatic heterocycles. The molecule has 3 rings (SSSR count). The molecule has 23 heavy (non-hydrogen) atoms. The first-order valence-corrected chi connectivity index (χ1v) is 8.91. The van der Waals surface area contributed by atoms with Crippen LogP contribution in [-0.2, 0) is 17.6 Å². The van der Waals surface area contributed by atoms with Gasteiger partial charge in [-0.1, -0.05) is 24.3 Å². The summed E-state index contributed by atoms with van der Waals surface area (Å²) in [5.41, 5.74) is 4.17. The summed E-state index contributed by atoms with van der Waals surface area (Å²) in [5.74, 6) is -0.0822. The molecule has 3 nitrogen and oxygen atoms in total. The molecule has 0 radical (unpaired) electrons. The predicted octanol–water partition coefficient (Wildman–Crippen LogP) is 4.38. The van der Waals surface area contributed by atoms with Crippen molar-refractivity contribution in [3.63, 3.8) is 0 Å². The quantitative estimate of drug-likeness (QED) is 0.578. The lowest BCUT2D eigenvalue weighted by Gasteiger charge is -2.07. The first-order valence-electron chi connectivity index (χ1n) is 7.83. The minimum atomic E-state index is -0.122. The lowest BCUT2D eigenvalue weighted by Crippen LogP contribution is -2.14. The highest BCUT2D eigenvalue weighted by Crippen LogP contribution is 2.23. The maximum absolute atomic E-state index is 12.3. The summed E-state index contributed by atoms with van der Waals surface area (Å²) in [7, 11) is 0. The molecule has 2 aromatic rings. The second-order valence-electron chi connectivity index (χ2n) is 5.79. The van der Waals surface area contributed by atoms with Crippen LogP contribution in [0.15, 0.2) is 42.5 Å². The summed E-state index contributed by atoms with van der Waals surface area (Å²) in [5, 5.41) is 2.86. The summed E-state index contributed by atoms with van der Waals surface area (Å²) in [6, 6.07) is 13.6. The number of para-hydroxylation sites is 1. The molecule has 0 bridgehead atoms. The molecule has 1 aliphatic carbocycles. The van der Waals surface area contributed by atoms with Crippen LogP contribution in [0, 0.1) is 3.57 Å². The van der Waals surface area contributed by atoms with Crippen LogP contribution in [0.4, 0.5) is 5.69 Å². The van der Waals surface area contributed by atoms with Crippen LogP contribution < -0.4 is 5.32 Å². The van der Waals surface area contributed by atoms with E-state index < -0.39 is 0 Å². The van der Waals surface area contributed by atoms with E-state index in [2.05, 4.69) is 34.0 Å². The fraction of sp³-hybridized carbons (Fsp3) is 0.263. The monoisotopic (exact) mass is 419 g/mol. The number of Topliss-reactive ketones (excluding diaryl/α,β-unsaturated/α-hetero) is 1. The largest absolute Gasteiger partial charge is 0.325 e. The van der Waals surface area contributed by atoms with Gasteiger partial charge < -0.3 is 5.32 Å². The highest BCUT2D eigenvalue weighted by molar-refractivity contribution is 14.1. The molecule has 0 aliphatic heterocycles. The van der Waals surface area contributed by atoms with Crippen LogP contribution >= 0.6 is 22.6 Å². The zero-order valence-corrected chi connectivity index (χ0v) is 14.9. The topological polar surface area (TPSA) is 46.2 Å². The van der Waals surface area contributed by atoms with Crippen molar-refractivity contribution in [1.82, 2.24) is 0 Å². The van der Waals surface area contributed by atoms with Crippen molar-refractivity contribution in [3.05, 3.63) is 62.7 Å². The number of hydrogen-bond donors (Lipinski definition) is 1. The van der Waals surface area contributed by atoms with E-state index in [9.17, 15) is 9.59 Å². The lowest BCUT2D eigenvalue weighted by molar-refractivity contribution is -0.116. The number of fused-ring (bicyclic) bond motifs is 1. The summed E-state index contributed by atoms with van der Waals surface area (Å²) in [6.07, 6.45) is 3.80. The Labute approximate surface area is 149 Å². The van der Waals surface area contributed by atoms with Gasteiger partial charge in [0.05, 0.1) is 5.69 Å². The maximum atomic E-state index is 12.3. The Balaban J connectivity index is 1.56. The van der Waals surface area contributed by atoms with Gasteiger partial charge in [0.25, 0.3) is 0 Å². The molecule has 0 fully saturated rings. The molecule has 2 aromatic carbocycles. The highest BCUT2D eigenvalue weighted by Gasteiger charge is 2.15. The van der Waals surface area contributed by atoms with E-state index in [1.807, 2.05) is 36.4 Å². The molecular formula is C19H18INO2. The summed E-state index contributed by atoms with van der Waals surface area (Å²) < 4.78 is 0.989. The number of carbonyl (C=O) groups excluding carboxylic acids is 2. The van der Waals surface area contributed by atoms with Gasteiger partial charge in [-0.3, -0.25) is 9.59 Å². The number of benzene rings is 2. The minimum absolute atomic E-state index is 0.0395. The predicted molar refractivity (Wildman–Crippen MR) is 99.8 cm³/mol. The average molecular weight is 419 g/mol. The molecule has 118 valence electrons. The summed E-state index contributed by atoms with van der Waals surface area (Å²) >= 11 is 2.18. The first kappa shape index (κ1) is 16.2. The molecule has 0 saturated carbocycles. The van der Waals surface area contributed by atoms with Crippen LogP contribution in [0.5, 0.6) is 0 Å². The Hall–Kier alpha value is -1.69. The molecule has 0 saturated heterocycles. The fourth-order valence-corrected chi connectivity index (χ4v) is 3.41. The van der Waals surface area contributed by atoms with Crippen molar-refractivity contribution in [2.24, 2.45) is 0 Å². The van der Waals surface area contributed by atoms with Gasteiger partial charge in [0.2, 0.25) is 5.91 Å². The van der Waals surface area contributed by atoms with Crippen molar-refractivity contribution in [3.8, 4) is 0 Å². The number of ketones is 1.